The van der Waals surface area contributed by atoms with Gasteiger partial charge in [-0.2, -0.15) is 0 Å². The maximum Gasteiger partial charge on any atom is 0.270 e. The summed E-state index contributed by atoms with van der Waals surface area (Å²) < 4.78 is 7.75. The van der Waals surface area contributed by atoms with Crippen molar-refractivity contribution in [2.75, 3.05) is 44.3 Å². The highest BCUT2D eigenvalue weighted by Crippen LogP contribution is 2.34. The first-order chi connectivity index (χ1) is 16.7. The van der Waals surface area contributed by atoms with Crippen molar-refractivity contribution in [1.82, 2.24) is 14.5 Å². The zero-order valence-corrected chi connectivity index (χ0v) is 21.5. The fraction of sp³-hybridized carbons (Fsp3) is 0.308. The lowest BCUT2D eigenvalue weighted by Crippen LogP contribution is -2.38. The van der Waals surface area contributed by atoms with Gasteiger partial charge in [-0.3, -0.25) is 9.69 Å². The van der Waals surface area contributed by atoms with Crippen LogP contribution in [0.1, 0.15) is 15.4 Å². The second-order valence-corrected chi connectivity index (χ2v) is 10.2. The van der Waals surface area contributed by atoms with E-state index in [9.17, 15) is 4.79 Å². The van der Waals surface area contributed by atoms with E-state index in [1.54, 1.807) is 0 Å². The molecule has 6 nitrogen and oxygen atoms in total. The minimum Gasteiger partial charge on any atom is -0.379 e. The summed E-state index contributed by atoms with van der Waals surface area (Å²) in [5.41, 5.74) is 4.02. The third-order valence-corrected chi connectivity index (χ3v) is 8.01. The lowest BCUT2D eigenvalue weighted by molar-refractivity contribution is 0.0365. The van der Waals surface area contributed by atoms with Crippen molar-refractivity contribution in [3.63, 3.8) is 0 Å². The van der Waals surface area contributed by atoms with Crippen LogP contribution in [0.2, 0.25) is 5.02 Å². The standard InChI is InChI=1S/C26H25ClN4O2S.ClH/c27-20-3-1-18(2-4-20)25-28-22-8-10-31(26(32)24(22)34-25)21-5-6-23-19(17-21)7-9-30(23)12-11-29-13-15-33-16-14-29;/h1-7,9,17H,8,10-16H2;1H. The van der Waals surface area contributed by atoms with Crippen molar-refractivity contribution in [3.8, 4) is 10.6 Å². The number of aromatic nitrogens is 2. The quantitative estimate of drug-likeness (QED) is 0.349. The van der Waals surface area contributed by atoms with Gasteiger partial charge in [0.1, 0.15) is 9.88 Å². The van der Waals surface area contributed by atoms with Gasteiger partial charge in [0.25, 0.3) is 5.91 Å². The van der Waals surface area contributed by atoms with E-state index in [1.165, 1.54) is 16.9 Å². The molecule has 1 saturated heterocycles. The summed E-state index contributed by atoms with van der Waals surface area (Å²) >= 11 is 7.49. The number of morpholine rings is 1. The van der Waals surface area contributed by atoms with Crippen molar-refractivity contribution < 1.29 is 9.53 Å². The zero-order chi connectivity index (χ0) is 23.1. The SMILES string of the molecule is Cl.O=C1c2sc(-c3ccc(Cl)cc3)nc2CCN1c1ccc2c(ccn2CCN2CCOCC2)c1. The van der Waals surface area contributed by atoms with E-state index in [0.29, 0.717) is 11.6 Å². The summed E-state index contributed by atoms with van der Waals surface area (Å²) in [6.07, 6.45) is 2.90. The van der Waals surface area contributed by atoms with E-state index in [4.69, 9.17) is 21.3 Å². The number of thiazole rings is 1. The molecule has 6 rings (SSSR count). The van der Waals surface area contributed by atoms with E-state index in [1.807, 2.05) is 29.2 Å². The number of nitrogens with zero attached hydrogens (tertiary/aromatic N) is 4. The molecule has 2 aromatic carbocycles. The summed E-state index contributed by atoms with van der Waals surface area (Å²) in [5, 5.41) is 2.71. The second kappa shape index (κ2) is 10.3. The van der Waals surface area contributed by atoms with Gasteiger partial charge in [0, 0.05) is 72.5 Å². The molecule has 182 valence electrons. The van der Waals surface area contributed by atoms with Crippen LogP contribution in [0.3, 0.4) is 0 Å². The Morgan fingerprint density at radius 2 is 1.80 bits per heavy atom. The molecule has 0 atom stereocenters. The van der Waals surface area contributed by atoms with Crippen LogP contribution < -0.4 is 4.90 Å². The summed E-state index contributed by atoms with van der Waals surface area (Å²) in [5.74, 6) is 0.0325. The van der Waals surface area contributed by atoms with Gasteiger partial charge in [0.05, 0.1) is 18.9 Å². The number of hydrogen-bond donors (Lipinski definition) is 0. The Hall–Kier alpha value is -2.42. The van der Waals surface area contributed by atoms with Gasteiger partial charge in [0.2, 0.25) is 0 Å². The first-order valence-corrected chi connectivity index (χ1v) is 12.8. The number of benzene rings is 2. The average Bonchev–Trinajstić information content (AvgIpc) is 3.48. The van der Waals surface area contributed by atoms with Crippen LogP contribution in [0.4, 0.5) is 5.69 Å². The normalized spacial score (nSPS) is 16.4. The van der Waals surface area contributed by atoms with E-state index in [-0.39, 0.29) is 18.3 Å². The number of carbonyl (C=O) groups is 1. The number of carbonyl (C=O) groups excluding carboxylic acids is 1. The van der Waals surface area contributed by atoms with Gasteiger partial charge in [-0.15, -0.1) is 23.7 Å². The number of hydrogen-bond acceptors (Lipinski definition) is 5. The lowest BCUT2D eigenvalue weighted by Gasteiger charge is -2.27. The Balaban J connectivity index is 0.00000253. The van der Waals surface area contributed by atoms with Crippen molar-refractivity contribution in [3.05, 3.63) is 70.3 Å². The van der Waals surface area contributed by atoms with Crippen LogP contribution in [-0.4, -0.2) is 59.8 Å². The van der Waals surface area contributed by atoms with Crippen LogP contribution in [-0.2, 0) is 17.7 Å². The molecule has 9 heteroatoms. The molecular formula is C26H26Cl2N4O2S. The molecule has 35 heavy (non-hydrogen) atoms. The van der Waals surface area contributed by atoms with Gasteiger partial charge in [-0.1, -0.05) is 23.7 Å². The minimum absolute atomic E-state index is 0. The molecule has 4 aromatic rings. The Kier molecular flexibility index (Phi) is 7.14. The van der Waals surface area contributed by atoms with Gasteiger partial charge in [-0.05, 0) is 36.4 Å². The first kappa shape index (κ1) is 24.3. The summed E-state index contributed by atoms with van der Waals surface area (Å²) in [6.45, 7) is 6.25. The first-order valence-electron chi connectivity index (χ1n) is 11.6. The van der Waals surface area contributed by atoms with Crippen LogP contribution in [0.15, 0.2) is 54.7 Å². The molecule has 1 amide bonds. The van der Waals surface area contributed by atoms with Crippen LogP contribution in [0.5, 0.6) is 0 Å². The lowest BCUT2D eigenvalue weighted by atomic mass is 10.1. The smallest absolute Gasteiger partial charge is 0.270 e. The Morgan fingerprint density at radius 1 is 1.00 bits per heavy atom. The number of halogens is 2. The topological polar surface area (TPSA) is 50.6 Å². The van der Waals surface area contributed by atoms with E-state index in [2.05, 4.69) is 39.9 Å². The molecule has 0 N–H and O–H groups in total. The van der Waals surface area contributed by atoms with Crippen LogP contribution >= 0.6 is 35.3 Å². The van der Waals surface area contributed by atoms with Crippen molar-refractivity contribution >= 4 is 57.8 Å². The molecule has 0 unspecified atom stereocenters. The number of rotatable bonds is 5. The monoisotopic (exact) mass is 528 g/mol. The molecule has 0 aliphatic carbocycles. The maximum absolute atomic E-state index is 13.4. The Bertz CT molecular complexity index is 1350. The predicted octanol–water partition coefficient (Wildman–Crippen LogP) is 5.38. The van der Waals surface area contributed by atoms with E-state index in [0.717, 1.165) is 78.0 Å². The zero-order valence-electron chi connectivity index (χ0n) is 19.2. The molecule has 0 saturated carbocycles. The number of anilines is 1. The molecule has 2 aromatic heterocycles. The van der Waals surface area contributed by atoms with Crippen molar-refractivity contribution in [2.24, 2.45) is 0 Å². The van der Waals surface area contributed by atoms with Crippen molar-refractivity contribution in [1.29, 1.82) is 0 Å². The van der Waals surface area contributed by atoms with Gasteiger partial charge in [0.15, 0.2) is 0 Å². The second-order valence-electron chi connectivity index (χ2n) is 8.71. The third kappa shape index (κ3) is 4.84. The summed E-state index contributed by atoms with van der Waals surface area (Å²) in [4.78, 5) is 23.2. The van der Waals surface area contributed by atoms with Gasteiger partial charge >= 0.3 is 0 Å². The highest BCUT2D eigenvalue weighted by Gasteiger charge is 2.29. The number of ether oxygens (including phenoxy) is 1. The molecule has 0 radical (unpaired) electrons. The Morgan fingerprint density at radius 3 is 2.60 bits per heavy atom. The van der Waals surface area contributed by atoms with E-state index < -0.39 is 0 Å². The molecule has 1 fully saturated rings. The molecule has 0 spiro atoms. The van der Waals surface area contributed by atoms with Crippen LogP contribution in [0, 0.1) is 0 Å². The fourth-order valence-corrected chi connectivity index (χ4v) is 5.91. The molecule has 4 heterocycles. The van der Waals surface area contributed by atoms with Gasteiger partial charge < -0.3 is 14.2 Å². The fourth-order valence-electron chi connectivity index (χ4n) is 4.72. The predicted molar refractivity (Wildman–Crippen MR) is 144 cm³/mol. The van der Waals surface area contributed by atoms with Gasteiger partial charge in [-0.25, -0.2) is 4.98 Å². The third-order valence-electron chi connectivity index (χ3n) is 6.63. The highest BCUT2D eigenvalue weighted by molar-refractivity contribution is 7.17. The summed E-state index contributed by atoms with van der Waals surface area (Å²) in [6, 6.07) is 16.1. The number of amides is 1. The number of fused-ring (bicyclic) bond motifs is 2. The largest absolute Gasteiger partial charge is 0.379 e. The van der Waals surface area contributed by atoms with E-state index >= 15 is 0 Å². The molecule has 0 bridgehead atoms. The van der Waals surface area contributed by atoms with Crippen molar-refractivity contribution in [2.45, 2.75) is 13.0 Å². The highest BCUT2D eigenvalue weighted by atomic mass is 35.5. The summed E-state index contributed by atoms with van der Waals surface area (Å²) in [7, 11) is 0. The maximum atomic E-state index is 13.4. The molecule has 2 aliphatic rings. The average molecular weight is 529 g/mol. The minimum atomic E-state index is 0. The Labute approximate surface area is 219 Å². The molecular weight excluding hydrogens is 503 g/mol. The van der Waals surface area contributed by atoms with Crippen LogP contribution in [0.25, 0.3) is 21.5 Å². The molecule has 2 aliphatic heterocycles.